The summed E-state index contributed by atoms with van der Waals surface area (Å²) in [5.41, 5.74) is 0.847. The summed E-state index contributed by atoms with van der Waals surface area (Å²) in [4.78, 5) is 25.6. The van der Waals surface area contributed by atoms with Crippen LogP contribution < -0.4 is 15.5 Å². The van der Waals surface area contributed by atoms with Crippen molar-refractivity contribution in [2.45, 2.75) is 6.42 Å². The van der Waals surface area contributed by atoms with Crippen molar-refractivity contribution in [3.63, 3.8) is 0 Å². The first kappa shape index (κ1) is 19.7. The van der Waals surface area contributed by atoms with Gasteiger partial charge in [0.25, 0.3) is 5.91 Å². The van der Waals surface area contributed by atoms with Gasteiger partial charge in [-0.2, -0.15) is 0 Å². The lowest BCUT2D eigenvalue weighted by Crippen LogP contribution is -2.38. The van der Waals surface area contributed by atoms with Gasteiger partial charge in [0.1, 0.15) is 5.82 Å². The number of halogens is 2. The Morgan fingerprint density at radius 1 is 1.08 bits per heavy atom. The summed E-state index contributed by atoms with van der Waals surface area (Å²) in [5.74, 6) is -0.967. The summed E-state index contributed by atoms with van der Waals surface area (Å²) in [6.45, 7) is 0.889. The molecule has 0 aliphatic heterocycles. The Morgan fingerprint density at radius 2 is 1.77 bits per heavy atom. The molecular formula is C19H21ClFN3O2. The van der Waals surface area contributed by atoms with Gasteiger partial charge in [-0.3, -0.25) is 9.59 Å². The molecule has 138 valence electrons. The lowest BCUT2D eigenvalue weighted by Gasteiger charge is -2.19. The van der Waals surface area contributed by atoms with E-state index in [2.05, 4.69) is 10.6 Å². The fraction of sp³-hybridized carbons (Fsp3) is 0.263. The van der Waals surface area contributed by atoms with Crippen LogP contribution >= 0.6 is 11.6 Å². The predicted octanol–water partition coefficient (Wildman–Crippen LogP) is 2.85. The normalized spacial score (nSPS) is 10.3. The number of anilines is 1. The molecule has 0 saturated heterocycles. The molecule has 0 unspecified atom stereocenters. The molecular weight excluding hydrogens is 357 g/mol. The summed E-state index contributed by atoms with van der Waals surface area (Å²) < 4.78 is 13.7. The summed E-state index contributed by atoms with van der Waals surface area (Å²) >= 11 is 5.94. The molecule has 7 heteroatoms. The maximum absolute atomic E-state index is 13.7. The third-order valence-electron chi connectivity index (χ3n) is 3.78. The Hall–Kier alpha value is -2.60. The second-order valence-corrected chi connectivity index (χ2v) is 6.15. The number of amides is 2. The second-order valence-electron chi connectivity index (χ2n) is 5.74. The summed E-state index contributed by atoms with van der Waals surface area (Å²) in [6.07, 6.45) is 0.648. The number of hydrogen-bond donors (Lipinski definition) is 2. The maximum Gasteiger partial charge on any atom is 0.253 e. The standard InChI is InChI=1S/C19H21ClFN3O2/c1-24(17-10-5-4-9-16(17)21)12-6-11-22-18(25)13-23-19(26)14-7-2-3-8-15(14)20/h2-5,7-10H,6,11-13H2,1H3,(H,22,25)(H,23,26). The summed E-state index contributed by atoms with van der Waals surface area (Å²) in [5, 5.41) is 5.58. The number of carbonyl (C=O) groups excluding carboxylic acids is 2. The highest BCUT2D eigenvalue weighted by atomic mass is 35.5. The molecule has 0 fully saturated rings. The van der Waals surface area contributed by atoms with Crippen LogP contribution in [0.4, 0.5) is 10.1 Å². The van der Waals surface area contributed by atoms with Gasteiger partial charge in [0.15, 0.2) is 0 Å². The Labute approximate surface area is 157 Å². The zero-order valence-corrected chi connectivity index (χ0v) is 15.2. The van der Waals surface area contributed by atoms with E-state index in [1.54, 1.807) is 54.4 Å². The van der Waals surface area contributed by atoms with Gasteiger partial charge in [-0.05, 0) is 30.7 Å². The quantitative estimate of drug-likeness (QED) is 0.695. The van der Waals surface area contributed by atoms with Gasteiger partial charge in [-0.1, -0.05) is 35.9 Å². The van der Waals surface area contributed by atoms with Gasteiger partial charge < -0.3 is 15.5 Å². The molecule has 0 aliphatic rings. The number of carbonyl (C=O) groups is 2. The van der Waals surface area contributed by atoms with E-state index in [0.29, 0.717) is 35.8 Å². The Balaban J connectivity index is 1.67. The third-order valence-corrected chi connectivity index (χ3v) is 4.11. The summed E-state index contributed by atoms with van der Waals surface area (Å²) in [7, 11) is 1.80. The first-order valence-electron chi connectivity index (χ1n) is 8.24. The Morgan fingerprint density at radius 3 is 2.50 bits per heavy atom. The monoisotopic (exact) mass is 377 g/mol. The molecule has 0 aromatic heterocycles. The van der Waals surface area contributed by atoms with Crippen molar-refractivity contribution < 1.29 is 14.0 Å². The number of hydrogen-bond acceptors (Lipinski definition) is 3. The van der Waals surface area contributed by atoms with Crippen LogP contribution in [0.3, 0.4) is 0 Å². The smallest absolute Gasteiger partial charge is 0.253 e. The highest BCUT2D eigenvalue weighted by Crippen LogP contribution is 2.17. The topological polar surface area (TPSA) is 61.4 Å². The molecule has 2 rings (SSSR count). The van der Waals surface area contributed by atoms with Crippen LogP contribution in [-0.2, 0) is 4.79 Å². The van der Waals surface area contributed by atoms with E-state index < -0.39 is 5.91 Å². The third kappa shape index (κ3) is 5.74. The largest absolute Gasteiger partial charge is 0.372 e. The molecule has 5 nitrogen and oxygen atoms in total. The highest BCUT2D eigenvalue weighted by Gasteiger charge is 2.11. The minimum absolute atomic E-state index is 0.132. The van der Waals surface area contributed by atoms with Crippen molar-refractivity contribution in [1.29, 1.82) is 0 Å². The molecule has 2 aromatic rings. The number of nitrogens with zero attached hydrogens (tertiary/aromatic N) is 1. The van der Waals surface area contributed by atoms with E-state index >= 15 is 0 Å². The molecule has 0 bridgehead atoms. The molecule has 2 amide bonds. The maximum atomic E-state index is 13.7. The van der Waals surface area contributed by atoms with E-state index in [0.717, 1.165) is 0 Å². The molecule has 0 saturated carbocycles. The van der Waals surface area contributed by atoms with E-state index in [-0.39, 0.29) is 18.3 Å². The highest BCUT2D eigenvalue weighted by molar-refractivity contribution is 6.33. The van der Waals surface area contributed by atoms with Gasteiger partial charge in [-0.15, -0.1) is 0 Å². The van der Waals surface area contributed by atoms with E-state index in [1.165, 1.54) is 6.07 Å². The number of nitrogens with one attached hydrogen (secondary N) is 2. The molecule has 0 atom stereocenters. The van der Waals surface area contributed by atoms with Gasteiger partial charge >= 0.3 is 0 Å². The van der Waals surface area contributed by atoms with E-state index in [4.69, 9.17) is 11.6 Å². The number of benzene rings is 2. The molecule has 0 spiro atoms. The molecule has 0 aliphatic carbocycles. The Kier molecular flexibility index (Phi) is 7.41. The minimum atomic E-state index is -0.398. The van der Waals surface area contributed by atoms with Crippen molar-refractivity contribution in [2.75, 3.05) is 31.6 Å². The van der Waals surface area contributed by atoms with Crippen molar-refractivity contribution >= 4 is 29.1 Å². The van der Waals surface area contributed by atoms with Crippen LogP contribution in [0.25, 0.3) is 0 Å². The van der Waals surface area contributed by atoms with Crippen LogP contribution in [0.15, 0.2) is 48.5 Å². The minimum Gasteiger partial charge on any atom is -0.372 e. The van der Waals surface area contributed by atoms with Gasteiger partial charge in [0.2, 0.25) is 5.91 Å². The molecule has 2 N–H and O–H groups in total. The van der Waals surface area contributed by atoms with Crippen LogP contribution in [0, 0.1) is 5.82 Å². The molecule has 26 heavy (non-hydrogen) atoms. The average Bonchev–Trinajstić information content (AvgIpc) is 2.64. The fourth-order valence-electron chi connectivity index (χ4n) is 2.39. The zero-order chi connectivity index (χ0) is 18.9. The lowest BCUT2D eigenvalue weighted by atomic mass is 10.2. The first-order chi connectivity index (χ1) is 12.5. The van der Waals surface area contributed by atoms with Crippen LogP contribution in [-0.4, -0.2) is 38.5 Å². The zero-order valence-electron chi connectivity index (χ0n) is 14.5. The molecule has 2 aromatic carbocycles. The summed E-state index contributed by atoms with van der Waals surface area (Å²) in [6, 6.07) is 13.2. The predicted molar refractivity (Wildman–Crippen MR) is 101 cm³/mol. The van der Waals surface area contributed by atoms with Gasteiger partial charge in [0.05, 0.1) is 22.8 Å². The van der Waals surface area contributed by atoms with Crippen molar-refractivity contribution in [1.82, 2.24) is 10.6 Å². The van der Waals surface area contributed by atoms with Gasteiger partial charge in [-0.25, -0.2) is 4.39 Å². The fourth-order valence-corrected chi connectivity index (χ4v) is 2.61. The van der Waals surface area contributed by atoms with Crippen molar-refractivity contribution in [3.8, 4) is 0 Å². The number of rotatable bonds is 8. The average molecular weight is 378 g/mol. The van der Waals surface area contributed by atoms with Gasteiger partial charge in [0, 0.05) is 20.1 Å². The second kappa shape index (κ2) is 9.77. The molecule has 0 radical (unpaired) electrons. The van der Waals surface area contributed by atoms with Crippen LogP contribution in [0.1, 0.15) is 16.8 Å². The van der Waals surface area contributed by atoms with Crippen molar-refractivity contribution in [3.05, 3.63) is 64.9 Å². The van der Waals surface area contributed by atoms with E-state index in [1.807, 2.05) is 0 Å². The lowest BCUT2D eigenvalue weighted by molar-refractivity contribution is -0.120. The SMILES string of the molecule is CN(CCCNC(=O)CNC(=O)c1ccccc1Cl)c1ccccc1F. The Bertz CT molecular complexity index is 770. The van der Waals surface area contributed by atoms with E-state index in [9.17, 15) is 14.0 Å². The molecule has 0 heterocycles. The van der Waals surface area contributed by atoms with Crippen LogP contribution in [0.2, 0.25) is 5.02 Å². The first-order valence-corrected chi connectivity index (χ1v) is 8.62. The van der Waals surface area contributed by atoms with Crippen LogP contribution in [0.5, 0.6) is 0 Å². The number of para-hydroxylation sites is 1. The van der Waals surface area contributed by atoms with Crippen molar-refractivity contribution in [2.24, 2.45) is 0 Å².